The summed E-state index contributed by atoms with van der Waals surface area (Å²) >= 11 is 0. The van der Waals surface area contributed by atoms with E-state index in [1.807, 2.05) is 0 Å². The van der Waals surface area contributed by atoms with Crippen molar-refractivity contribution < 1.29 is 9.50 Å². The number of aliphatic hydroxyl groups excluding tert-OH is 1. The molecule has 0 spiro atoms. The fraction of sp³-hybridized carbons (Fsp3) is 0.333. The maximum absolute atomic E-state index is 13.6. The molecular weight excluding hydrogens is 351 g/mol. The normalized spacial score (nSPS) is 20.5. The lowest BCUT2D eigenvalue weighted by Crippen LogP contribution is -2.27. The summed E-state index contributed by atoms with van der Waals surface area (Å²) in [6, 6.07) is 2.91. The highest BCUT2D eigenvalue weighted by Crippen LogP contribution is 2.29. The smallest absolute Gasteiger partial charge is 0.327 e. The Morgan fingerprint density at radius 1 is 1.15 bits per heavy atom. The zero-order valence-corrected chi connectivity index (χ0v) is 14.3. The summed E-state index contributed by atoms with van der Waals surface area (Å²) in [6.45, 7) is 0. The molecule has 9 heteroatoms. The number of imidazole rings is 2. The predicted octanol–water partition coefficient (Wildman–Crippen LogP) is 2.05. The zero-order chi connectivity index (χ0) is 18.5. The van der Waals surface area contributed by atoms with Crippen LogP contribution in [0.25, 0.3) is 28.3 Å². The van der Waals surface area contributed by atoms with Gasteiger partial charge in [-0.2, -0.15) is 0 Å². The van der Waals surface area contributed by atoms with E-state index in [0.29, 0.717) is 54.0 Å². The Labute approximate surface area is 152 Å². The van der Waals surface area contributed by atoms with Crippen molar-refractivity contribution in [2.24, 2.45) is 0 Å². The molecule has 0 bridgehead atoms. The fourth-order valence-electron chi connectivity index (χ4n) is 3.81. The summed E-state index contributed by atoms with van der Waals surface area (Å²) in [7, 11) is 0. The van der Waals surface area contributed by atoms with E-state index < -0.39 is 0 Å². The monoisotopic (exact) mass is 368 g/mol. The van der Waals surface area contributed by atoms with Gasteiger partial charge in [0.15, 0.2) is 11.5 Å². The Morgan fingerprint density at radius 3 is 2.78 bits per heavy atom. The molecule has 0 unspecified atom stereocenters. The number of pyridine rings is 1. The summed E-state index contributed by atoms with van der Waals surface area (Å²) < 4.78 is 16.9. The Balaban J connectivity index is 1.65. The van der Waals surface area contributed by atoms with Crippen LogP contribution < -0.4 is 5.69 Å². The van der Waals surface area contributed by atoms with Crippen molar-refractivity contribution in [3.63, 3.8) is 0 Å². The highest BCUT2D eigenvalue weighted by Gasteiger charge is 2.25. The summed E-state index contributed by atoms with van der Waals surface area (Å²) in [5.41, 5.74) is 1.96. The average Bonchev–Trinajstić information content (AvgIpc) is 3.22. The maximum atomic E-state index is 13.6. The molecule has 8 nitrogen and oxygen atoms in total. The topological polar surface area (TPSA) is 101 Å². The van der Waals surface area contributed by atoms with Gasteiger partial charge in [0.25, 0.3) is 0 Å². The predicted molar refractivity (Wildman–Crippen MR) is 95.8 cm³/mol. The van der Waals surface area contributed by atoms with E-state index >= 15 is 0 Å². The highest BCUT2D eigenvalue weighted by atomic mass is 19.1. The van der Waals surface area contributed by atoms with Crippen LogP contribution in [-0.4, -0.2) is 40.1 Å². The van der Waals surface area contributed by atoms with E-state index in [4.69, 9.17) is 0 Å². The number of hydrogen-bond donors (Lipinski definition) is 2. The molecule has 4 heterocycles. The number of aromatic amines is 1. The lowest BCUT2D eigenvalue weighted by atomic mass is 9.93. The first-order valence-corrected chi connectivity index (χ1v) is 8.88. The van der Waals surface area contributed by atoms with Gasteiger partial charge in [0.05, 0.1) is 18.5 Å². The molecule has 0 aromatic carbocycles. The number of aliphatic hydroxyl groups is 1. The van der Waals surface area contributed by atoms with Crippen molar-refractivity contribution in [2.75, 3.05) is 0 Å². The standard InChI is InChI=1S/C18H17FN6O2/c19-10-1-6-15-20-8-14(24(15)9-10)16-21-7-13-17(23-16)25(18(27)22-13)11-2-4-12(26)5-3-11/h1,6-9,11-12,26H,2-5H2,(H,22,27). The number of H-pyrrole nitrogens is 1. The number of nitrogens with one attached hydrogen (secondary N) is 1. The van der Waals surface area contributed by atoms with E-state index in [0.717, 1.165) is 0 Å². The molecule has 2 N–H and O–H groups in total. The Kier molecular flexibility index (Phi) is 3.57. The number of halogens is 1. The summed E-state index contributed by atoms with van der Waals surface area (Å²) in [5.74, 6) is -0.0219. The molecule has 0 amide bonds. The molecule has 4 aromatic heterocycles. The molecule has 0 aliphatic heterocycles. The zero-order valence-electron chi connectivity index (χ0n) is 14.3. The SMILES string of the molecule is O=c1[nH]c2cnc(-c3cnc4ccc(F)cn34)nc2n1C1CCC(O)CC1. The molecule has 0 atom stereocenters. The van der Waals surface area contributed by atoms with Crippen LogP contribution in [0.3, 0.4) is 0 Å². The van der Waals surface area contributed by atoms with Gasteiger partial charge in [0, 0.05) is 12.2 Å². The van der Waals surface area contributed by atoms with Crippen LogP contribution in [0, 0.1) is 5.82 Å². The first-order chi connectivity index (χ1) is 13.1. The van der Waals surface area contributed by atoms with Crippen molar-refractivity contribution in [1.29, 1.82) is 0 Å². The largest absolute Gasteiger partial charge is 0.393 e. The molecule has 0 saturated heterocycles. The van der Waals surface area contributed by atoms with Crippen LogP contribution in [0.5, 0.6) is 0 Å². The molecule has 1 aliphatic rings. The van der Waals surface area contributed by atoms with E-state index in [-0.39, 0.29) is 23.7 Å². The van der Waals surface area contributed by atoms with Gasteiger partial charge < -0.3 is 10.1 Å². The molecule has 4 aromatic rings. The van der Waals surface area contributed by atoms with E-state index in [1.165, 1.54) is 12.3 Å². The minimum atomic E-state index is -0.387. The second-order valence-corrected chi connectivity index (χ2v) is 6.91. The Bertz CT molecular complexity index is 1200. The van der Waals surface area contributed by atoms with Crippen molar-refractivity contribution in [3.05, 3.63) is 47.0 Å². The molecule has 138 valence electrons. The van der Waals surface area contributed by atoms with Gasteiger partial charge in [-0.3, -0.25) is 8.97 Å². The molecule has 0 radical (unpaired) electrons. The van der Waals surface area contributed by atoms with Crippen LogP contribution in [0.15, 0.2) is 35.5 Å². The fourth-order valence-corrected chi connectivity index (χ4v) is 3.81. The second kappa shape index (κ2) is 5.98. The molecule has 1 aliphatic carbocycles. The lowest BCUT2D eigenvalue weighted by Gasteiger charge is -2.25. The number of fused-ring (bicyclic) bond motifs is 2. The Morgan fingerprint density at radius 2 is 1.96 bits per heavy atom. The van der Waals surface area contributed by atoms with Crippen molar-refractivity contribution in [1.82, 2.24) is 28.9 Å². The van der Waals surface area contributed by atoms with Gasteiger partial charge >= 0.3 is 5.69 Å². The van der Waals surface area contributed by atoms with Crippen molar-refractivity contribution >= 4 is 16.8 Å². The minimum absolute atomic E-state index is 0.0166. The average molecular weight is 368 g/mol. The van der Waals surface area contributed by atoms with Crippen LogP contribution in [0.4, 0.5) is 4.39 Å². The number of hydrogen-bond acceptors (Lipinski definition) is 5. The van der Waals surface area contributed by atoms with Gasteiger partial charge in [0.2, 0.25) is 0 Å². The van der Waals surface area contributed by atoms with Gasteiger partial charge in [-0.15, -0.1) is 0 Å². The molecule has 27 heavy (non-hydrogen) atoms. The van der Waals surface area contributed by atoms with Gasteiger partial charge in [-0.25, -0.2) is 24.1 Å². The summed E-state index contributed by atoms with van der Waals surface area (Å²) in [4.78, 5) is 28.4. The lowest BCUT2D eigenvalue weighted by molar-refractivity contribution is 0.111. The third kappa shape index (κ3) is 2.62. The van der Waals surface area contributed by atoms with Crippen LogP contribution in [-0.2, 0) is 0 Å². The number of rotatable bonds is 2. The third-order valence-corrected chi connectivity index (χ3v) is 5.19. The van der Waals surface area contributed by atoms with E-state index in [1.54, 1.807) is 27.4 Å². The van der Waals surface area contributed by atoms with Gasteiger partial charge in [-0.05, 0) is 37.8 Å². The van der Waals surface area contributed by atoms with Crippen LogP contribution in [0.1, 0.15) is 31.7 Å². The highest BCUT2D eigenvalue weighted by molar-refractivity contribution is 5.72. The molecule has 5 rings (SSSR count). The number of aromatic nitrogens is 6. The Hall–Kier alpha value is -3.07. The molecule has 1 fully saturated rings. The molecular formula is C18H17FN6O2. The summed E-state index contributed by atoms with van der Waals surface area (Å²) in [6.07, 6.45) is 6.93. The first kappa shape index (κ1) is 16.1. The van der Waals surface area contributed by atoms with Crippen LogP contribution >= 0.6 is 0 Å². The minimum Gasteiger partial charge on any atom is -0.393 e. The first-order valence-electron chi connectivity index (χ1n) is 8.88. The van der Waals surface area contributed by atoms with E-state index in [9.17, 15) is 14.3 Å². The van der Waals surface area contributed by atoms with Crippen molar-refractivity contribution in [3.8, 4) is 11.5 Å². The second-order valence-electron chi connectivity index (χ2n) is 6.91. The van der Waals surface area contributed by atoms with Gasteiger partial charge in [0.1, 0.15) is 22.7 Å². The quantitative estimate of drug-likeness (QED) is 0.564. The van der Waals surface area contributed by atoms with Crippen LogP contribution in [0.2, 0.25) is 0 Å². The van der Waals surface area contributed by atoms with Gasteiger partial charge in [-0.1, -0.05) is 0 Å². The number of nitrogens with zero attached hydrogens (tertiary/aromatic N) is 5. The third-order valence-electron chi connectivity index (χ3n) is 5.19. The van der Waals surface area contributed by atoms with Crippen molar-refractivity contribution in [2.45, 2.75) is 37.8 Å². The maximum Gasteiger partial charge on any atom is 0.327 e. The van der Waals surface area contributed by atoms with E-state index in [2.05, 4.69) is 19.9 Å². The molecule has 1 saturated carbocycles. The summed E-state index contributed by atoms with van der Waals surface area (Å²) in [5, 5.41) is 9.74.